The number of nitrogens with zero attached hydrogens (tertiary/aromatic N) is 5. The van der Waals surface area contributed by atoms with Crippen LogP contribution in [-0.4, -0.2) is 155 Å². The number of isothiocyanates is 1. The fourth-order valence-electron chi connectivity index (χ4n) is 9.93. The van der Waals surface area contributed by atoms with Gasteiger partial charge in [0.15, 0.2) is 5.65 Å². The van der Waals surface area contributed by atoms with Gasteiger partial charge in [-0.05, 0) is 295 Å². The second-order valence-electron chi connectivity index (χ2n) is 29.9. The summed E-state index contributed by atoms with van der Waals surface area (Å²) in [5.74, 6) is -1.87. The number of ether oxygens (including phenoxy) is 3. The third kappa shape index (κ3) is 56.0. The maximum atomic E-state index is 13.0. The van der Waals surface area contributed by atoms with Crippen molar-refractivity contribution < 1.29 is 55.7 Å². The monoisotopic (exact) mass is 1980 g/mol. The summed E-state index contributed by atoms with van der Waals surface area (Å²) in [5.41, 5.74) is 15.3. The van der Waals surface area contributed by atoms with E-state index >= 15 is 0 Å². The molecule has 0 aliphatic carbocycles. The second kappa shape index (κ2) is 61.1. The van der Waals surface area contributed by atoms with Crippen molar-refractivity contribution in [1.29, 1.82) is 0 Å². The molecular formula is C85H108Cl12F4N14O8S. The molecule has 0 aliphatic rings. The lowest BCUT2D eigenvalue weighted by Crippen LogP contribution is -2.37. The zero-order valence-corrected chi connectivity index (χ0v) is 80.4. The molecule has 2 aromatic heterocycles. The number of aromatic amines is 1. The van der Waals surface area contributed by atoms with Crippen molar-refractivity contribution in [3.05, 3.63) is 221 Å². The Hall–Kier alpha value is -6.51. The van der Waals surface area contributed by atoms with Gasteiger partial charge in [0.1, 0.15) is 23.1 Å². The van der Waals surface area contributed by atoms with Gasteiger partial charge < -0.3 is 72.4 Å². The number of rotatable bonds is 33. The number of unbranched alkanes of at least 4 members (excludes halogenated alkanes) is 1. The number of alkyl carbamates (subject to hydrolysis) is 1. The number of benzene rings is 6. The van der Waals surface area contributed by atoms with Crippen molar-refractivity contribution in [2.45, 2.75) is 170 Å². The zero-order chi connectivity index (χ0) is 93.2. The van der Waals surface area contributed by atoms with Gasteiger partial charge in [-0.3, -0.25) is 9.59 Å². The van der Waals surface area contributed by atoms with E-state index in [9.17, 15) is 41.5 Å². The smallest absolute Gasteiger partial charge is 0.444 e. The summed E-state index contributed by atoms with van der Waals surface area (Å²) in [4.78, 5) is 74.7. The number of H-pyrrole nitrogens is 1. The van der Waals surface area contributed by atoms with Crippen LogP contribution in [0.15, 0.2) is 126 Å². The number of aliphatic imine (C=N–C) groups is 1. The molecule has 0 bridgehead atoms. The molecule has 124 heavy (non-hydrogen) atoms. The lowest BCUT2D eigenvalue weighted by molar-refractivity contribution is -0.173. The second-order valence-corrected chi connectivity index (χ2v) is 35.3. The van der Waals surface area contributed by atoms with Gasteiger partial charge in [0.05, 0.1) is 17.2 Å². The predicted molar refractivity (Wildman–Crippen MR) is 504 cm³/mol. The highest BCUT2D eigenvalue weighted by Gasteiger charge is 2.38. The number of fused-ring (bicyclic) bond motifs is 1. The van der Waals surface area contributed by atoms with E-state index in [1.807, 2.05) is 86.6 Å². The first-order valence-corrected chi connectivity index (χ1v) is 43.9. The van der Waals surface area contributed by atoms with E-state index < -0.39 is 34.8 Å². The van der Waals surface area contributed by atoms with Crippen LogP contribution in [0.5, 0.6) is 0 Å². The highest BCUT2D eigenvalue weighted by Crippen LogP contribution is 2.27. The minimum absolute atomic E-state index is 0.0400. The van der Waals surface area contributed by atoms with E-state index in [1.165, 1.54) is 18.9 Å². The number of aromatic nitrogens is 3. The highest BCUT2D eigenvalue weighted by molar-refractivity contribution is 7.78. The Bertz CT molecular complexity index is 4500. The molecule has 11 N–H and O–H groups in total. The Morgan fingerprint density at radius 3 is 1.18 bits per heavy atom. The van der Waals surface area contributed by atoms with Gasteiger partial charge in [-0.2, -0.15) is 27.5 Å². The number of alkyl halides is 3. The number of aldehydes is 1. The number of imidazole rings is 1. The predicted octanol–water partition coefficient (Wildman–Crippen LogP) is 24.0. The third-order valence-electron chi connectivity index (χ3n) is 15.0. The quantitative estimate of drug-likeness (QED) is 0.00351. The summed E-state index contributed by atoms with van der Waals surface area (Å²) in [6.45, 7) is 27.5. The van der Waals surface area contributed by atoms with Crippen molar-refractivity contribution in [3.8, 4) is 0 Å². The van der Waals surface area contributed by atoms with Crippen molar-refractivity contribution in [3.63, 3.8) is 0 Å². The number of carbonyl (C=O) groups is 5. The van der Waals surface area contributed by atoms with Crippen LogP contribution in [0.25, 0.3) is 11.2 Å². The summed E-state index contributed by atoms with van der Waals surface area (Å²) < 4.78 is 64.6. The van der Waals surface area contributed by atoms with Gasteiger partial charge >= 0.3 is 30.4 Å². The van der Waals surface area contributed by atoms with E-state index in [2.05, 4.69) is 70.8 Å². The van der Waals surface area contributed by atoms with Gasteiger partial charge in [0.25, 0.3) is 0 Å². The number of nitrogens with two attached hydrogens (primary N) is 2. The van der Waals surface area contributed by atoms with E-state index in [0.717, 1.165) is 66.8 Å². The molecule has 8 aromatic rings. The third-order valence-corrected chi connectivity index (χ3v) is 17.8. The molecule has 4 amide bonds. The van der Waals surface area contributed by atoms with Crippen LogP contribution in [0, 0.1) is 5.95 Å². The molecule has 684 valence electrons. The van der Waals surface area contributed by atoms with Crippen molar-refractivity contribution in [2.24, 2.45) is 16.5 Å². The fraction of sp³-hybridized carbons (Fsp3) is 0.435. The Labute approximate surface area is 789 Å². The first-order valence-electron chi connectivity index (χ1n) is 39.0. The number of amides is 4. The number of thiocarbonyl (C=S) groups is 1. The van der Waals surface area contributed by atoms with Crippen LogP contribution >= 0.6 is 151 Å². The number of halogens is 16. The maximum Gasteiger partial charge on any atom is 0.471 e. The normalized spacial score (nSPS) is 10.9. The average molecular weight is 1990 g/mol. The zero-order valence-electron chi connectivity index (χ0n) is 70.5. The maximum absolute atomic E-state index is 13.0. The van der Waals surface area contributed by atoms with Crippen LogP contribution in [0.4, 0.5) is 37.9 Å². The molecular weight excluding hydrogens is 1880 g/mol. The van der Waals surface area contributed by atoms with Crippen LogP contribution < -0.4 is 43.4 Å². The molecule has 0 aliphatic heterocycles. The molecule has 6 aromatic carbocycles. The summed E-state index contributed by atoms with van der Waals surface area (Å²) in [6, 6.07) is 34.1. The van der Waals surface area contributed by atoms with E-state index in [-0.39, 0.29) is 24.8 Å². The largest absolute Gasteiger partial charge is 0.471 e. The molecule has 22 nitrogen and oxygen atoms in total. The minimum Gasteiger partial charge on any atom is -0.444 e. The first kappa shape index (κ1) is 114. The molecule has 0 radical (unpaired) electrons. The van der Waals surface area contributed by atoms with Gasteiger partial charge in [-0.15, -0.1) is 0 Å². The minimum atomic E-state index is -4.83. The van der Waals surface area contributed by atoms with Crippen LogP contribution in [0.3, 0.4) is 0 Å². The number of hydrogen-bond acceptors (Lipinski definition) is 18. The lowest BCUT2D eigenvalue weighted by atomic mass is 10.2. The number of pyridine rings is 1. The average Bonchev–Trinajstić information content (AvgIpc) is 1.69. The molecule has 39 heteroatoms. The van der Waals surface area contributed by atoms with E-state index in [0.29, 0.717) is 180 Å². The van der Waals surface area contributed by atoms with Gasteiger partial charge in [0, 0.05) is 131 Å². The van der Waals surface area contributed by atoms with E-state index in [1.54, 1.807) is 106 Å². The molecule has 0 atom stereocenters. The number of hydrogen-bond donors (Lipinski definition) is 9. The molecule has 0 fully saturated rings. The number of anilines is 1. The van der Waals surface area contributed by atoms with Crippen molar-refractivity contribution in [2.75, 3.05) is 77.3 Å². The first-order chi connectivity index (χ1) is 58.2. The topological polar surface area (TPSA) is 298 Å². The summed E-state index contributed by atoms with van der Waals surface area (Å²) in [6.07, 6.45) is 0.580. The molecule has 0 unspecified atom stereocenters. The molecule has 0 saturated carbocycles. The molecule has 8 rings (SSSR count). The van der Waals surface area contributed by atoms with Crippen molar-refractivity contribution >= 4 is 204 Å². The SMILES string of the molecule is CC(C)(C)OC(=O)N(CCCN)Cc1cc(Cl)cc(Cl)c1.CC(C)(C)OC(=O)N(CCCN=C=S)Cc1cc(Cl)cc(Cl)c1.CC(C)(C)OC(=O)NCCCNCc1cc(Cl)cc(Cl)c1.CCCCN.Fc1ccc2[nH]c(NCCCNCc3cc(Cl)cc(Cl)c3)nc2n1.O=C(NCCCNCc1cc(Cl)cc(Cl)c1)C(F)(F)F.O=Cc1cc(Cl)cc(Cl)c1. The summed E-state index contributed by atoms with van der Waals surface area (Å²) >= 11 is 75.1. The Balaban J connectivity index is 0.000000504. The van der Waals surface area contributed by atoms with Gasteiger partial charge in [-0.1, -0.05) is 153 Å². The lowest BCUT2D eigenvalue weighted by Gasteiger charge is -2.27. The number of nitrogens with one attached hydrogen (secondary N) is 7. The van der Waals surface area contributed by atoms with Crippen molar-refractivity contribution in [1.82, 2.24) is 51.3 Å². The summed E-state index contributed by atoms with van der Waals surface area (Å²) in [7, 11) is 0. The van der Waals surface area contributed by atoms with E-state index in [4.69, 9.17) is 165 Å². The Morgan fingerprint density at radius 2 is 0.839 bits per heavy atom. The highest BCUT2D eigenvalue weighted by atomic mass is 35.5. The summed E-state index contributed by atoms with van der Waals surface area (Å²) in [5, 5.41) is 26.3. The standard InChI is InChI=1S/C16H16Cl2FN5.C16H20Cl2N2O2S.2C15H22Cl2N2O2.C12H13Cl2F3N2O.C7H4Cl2O.C4H11N/c17-11-6-10(7-12(18)8-11)9-20-4-1-5-21-16-22-13-2-3-14(19)23-15(13)24-16;1-16(2,3)22-15(21)20(6-4-5-19-11-23)10-12-7-13(17)9-14(18)8-12;1-15(2,3)21-14(20)19(6-4-5-18)10-11-7-12(16)9-13(17)8-11;1-15(2,3)21-14(20)19-6-4-5-18-10-11-7-12(16)9-13(17)8-11;13-9-4-8(5-10(14)6-9)7-18-2-1-3-19-11(20)12(15,16)17;8-6-1-5(4-10)2-7(9)3-6;1-2-3-4-5/h2-3,6-8,20H,1,4-5,9H2,(H2,21,22,23,24);7-9H,4-6,10H2,1-3H3;7-9H,4-6,10,18H2,1-3H3;7-9,18H,4-6,10H2,1-3H3,(H,19,20);4-6,18H,1-3,7H2,(H,19,20);1-4H;2-5H2,1H3. The molecule has 0 spiro atoms. The molecule has 0 saturated heterocycles. The fourth-order valence-corrected chi connectivity index (χ4v) is 13.4. The van der Waals surface area contributed by atoms with Crippen LogP contribution in [0.2, 0.25) is 60.3 Å². The Kier molecular flexibility index (Phi) is 55.9. The Morgan fingerprint density at radius 1 is 0.484 bits per heavy atom. The number of carbonyl (C=O) groups excluding carboxylic acids is 5. The molecule has 2 heterocycles. The van der Waals surface area contributed by atoms with Crippen LogP contribution in [0.1, 0.15) is 152 Å². The van der Waals surface area contributed by atoms with Crippen LogP contribution in [-0.2, 0) is 51.7 Å². The van der Waals surface area contributed by atoms with Gasteiger partial charge in [0.2, 0.25) is 11.9 Å². The van der Waals surface area contributed by atoms with Gasteiger partial charge in [-0.25, -0.2) is 19.4 Å².